The lowest BCUT2D eigenvalue weighted by atomic mass is 10.2. The predicted octanol–water partition coefficient (Wildman–Crippen LogP) is 0.673. The van der Waals surface area contributed by atoms with E-state index in [1.54, 1.807) is 4.68 Å². The number of nitrogens with zero attached hydrogens (tertiary/aromatic N) is 3. The van der Waals surface area contributed by atoms with Gasteiger partial charge in [0, 0.05) is 0 Å². The highest BCUT2D eigenvalue weighted by Crippen LogP contribution is 2.35. The summed E-state index contributed by atoms with van der Waals surface area (Å²) >= 11 is 0. The molecule has 7 nitrogen and oxygen atoms in total. The number of rotatable bonds is 5. The average Bonchev–Trinajstić information content (AvgIpc) is 3.11. The first-order valence-electron chi connectivity index (χ1n) is 6.59. The van der Waals surface area contributed by atoms with Crippen molar-refractivity contribution < 1.29 is 14.7 Å². The number of carboxylic acid groups (broad SMARTS) is 1. The van der Waals surface area contributed by atoms with Gasteiger partial charge in [-0.05, 0) is 18.4 Å². The maximum Gasteiger partial charge on any atom is 0.329 e. The van der Waals surface area contributed by atoms with Crippen molar-refractivity contribution >= 4 is 11.9 Å². The fourth-order valence-electron chi connectivity index (χ4n) is 2.05. The number of carbonyl (C=O) groups is 2. The lowest BCUT2D eigenvalue weighted by Gasteiger charge is -2.10. The standard InChI is InChI=1S/C14H14N4O3/c19-12(15-14(6-7-14)13(20)21)11-9-18(17-16-11)8-10-4-2-1-3-5-10/h1-5,9H,6-8H2,(H,15,19)(H,20,21). The summed E-state index contributed by atoms with van der Waals surface area (Å²) in [5, 5.41) is 19.2. The zero-order valence-corrected chi connectivity index (χ0v) is 11.2. The van der Waals surface area contributed by atoms with Gasteiger partial charge in [0.15, 0.2) is 5.69 Å². The molecule has 1 heterocycles. The molecule has 0 atom stereocenters. The van der Waals surface area contributed by atoms with Crippen LogP contribution < -0.4 is 5.32 Å². The van der Waals surface area contributed by atoms with Crippen molar-refractivity contribution in [1.82, 2.24) is 20.3 Å². The third-order valence-electron chi connectivity index (χ3n) is 3.47. The molecule has 1 aromatic carbocycles. The number of hydrogen-bond acceptors (Lipinski definition) is 4. The molecule has 0 saturated heterocycles. The van der Waals surface area contributed by atoms with Crippen LogP contribution in [0.15, 0.2) is 36.5 Å². The van der Waals surface area contributed by atoms with Gasteiger partial charge in [-0.1, -0.05) is 35.5 Å². The highest BCUT2D eigenvalue weighted by Gasteiger charge is 2.51. The molecule has 0 bridgehead atoms. The predicted molar refractivity (Wildman–Crippen MR) is 72.6 cm³/mol. The van der Waals surface area contributed by atoms with Crippen molar-refractivity contribution in [2.24, 2.45) is 0 Å². The van der Waals surface area contributed by atoms with E-state index in [-0.39, 0.29) is 5.69 Å². The maximum atomic E-state index is 12.0. The second-order valence-electron chi connectivity index (χ2n) is 5.13. The highest BCUT2D eigenvalue weighted by atomic mass is 16.4. The number of aromatic nitrogens is 3. The third-order valence-corrected chi connectivity index (χ3v) is 3.47. The minimum atomic E-state index is -1.11. The number of aliphatic carboxylic acids is 1. The molecule has 108 valence electrons. The molecule has 1 aliphatic rings. The second-order valence-corrected chi connectivity index (χ2v) is 5.13. The Morgan fingerprint density at radius 1 is 1.29 bits per heavy atom. The molecule has 1 aliphatic carbocycles. The Balaban J connectivity index is 1.67. The third kappa shape index (κ3) is 2.76. The summed E-state index contributed by atoms with van der Waals surface area (Å²) < 4.78 is 1.55. The molecule has 0 spiro atoms. The molecule has 2 N–H and O–H groups in total. The number of carboxylic acids is 1. The van der Waals surface area contributed by atoms with Crippen molar-refractivity contribution in [2.45, 2.75) is 24.9 Å². The normalized spacial score (nSPS) is 15.4. The van der Waals surface area contributed by atoms with Gasteiger partial charge in [0.2, 0.25) is 0 Å². The van der Waals surface area contributed by atoms with Gasteiger partial charge in [-0.3, -0.25) is 4.79 Å². The molecule has 21 heavy (non-hydrogen) atoms. The summed E-state index contributed by atoms with van der Waals surface area (Å²) in [7, 11) is 0. The van der Waals surface area contributed by atoms with Gasteiger partial charge < -0.3 is 10.4 Å². The summed E-state index contributed by atoms with van der Waals surface area (Å²) in [6.45, 7) is 0.505. The molecule has 1 fully saturated rings. The largest absolute Gasteiger partial charge is 0.480 e. The van der Waals surface area contributed by atoms with E-state index in [2.05, 4.69) is 15.6 Å². The Hall–Kier alpha value is -2.70. The van der Waals surface area contributed by atoms with E-state index >= 15 is 0 Å². The summed E-state index contributed by atoms with van der Waals surface area (Å²) in [6.07, 6.45) is 2.42. The monoisotopic (exact) mass is 286 g/mol. The van der Waals surface area contributed by atoms with Gasteiger partial charge in [-0.25, -0.2) is 9.48 Å². The Kier molecular flexibility index (Phi) is 3.17. The summed E-state index contributed by atoms with van der Waals surface area (Å²) in [5.74, 6) is -1.51. The number of nitrogens with one attached hydrogen (secondary N) is 1. The van der Waals surface area contributed by atoms with Crippen LogP contribution in [-0.2, 0) is 11.3 Å². The van der Waals surface area contributed by atoms with Gasteiger partial charge >= 0.3 is 5.97 Å². The van der Waals surface area contributed by atoms with Crippen LogP contribution in [0.3, 0.4) is 0 Å². The average molecular weight is 286 g/mol. The Bertz CT molecular complexity index is 677. The molecule has 2 aromatic rings. The minimum absolute atomic E-state index is 0.124. The summed E-state index contributed by atoms with van der Waals surface area (Å²) in [5.41, 5.74) is 0.0531. The van der Waals surface area contributed by atoms with Crippen LogP contribution >= 0.6 is 0 Å². The Morgan fingerprint density at radius 2 is 2.00 bits per heavy atom. The zero-order valence-electron chi connectivity index (χ0n) is 11.2. The first-order chi connectivity index (χ1) is 10.1. The van der Waals surface area contributed by atoms with Crippen LogP contribution in [0.1, 0.15) is 28.9 Å². The lowest BCUT2D eigenvalue weighted by molar-refractivity contribution is -0.140. The van der Waals surface area contributed by atoms with Gasteiger partial charge in [0.25, 0.3) is 5.91 Å². The highest BCUT2D eigenvalue weighted by molar-refractivity contribution is 5.97. The van der Waals surface area contributed by atoms with Crippen molar-refractivity contribution in [3.63, 3.8) is 0 Å². The van der Waals surface area contributed by atoms with Crippen LogP contribution in [0.5, 0.6) is 0 Å². The first kappa shape index (κ1) is 13.3. The zero-order chi connectivity index (χ0) is 14.9. The van der Waals surface area contributed by atoms with E-state index in [1.807, 2.05) is 30.3 Å². The van der Waals surface area contributed by atoms with E-state index < -0.39 is 17.4 Å². The Morgan fingerprint density at radius 3 is 2.62 bits per heavy atom. The molecule has 3 rings (SSSR count). The number of benzene rings is 1. The summed E-state index contributed by atoms with van der Waals surface area (Å²) in [6, 6.07) is 9.66. The van der Waals surface area contributed by atoms with Crippen LogP contribution in [-0.4, -0.2) is 37.5 Å². The number of hydrogen-bond donors (Lipinski definition) is 2. The fraction of sp³-hybridized carbons (Fsp3) is 0.286. The molecule has 0 aliphatic heterocycles. The molecule has 1 amide bonds. The van der Waals surface area contributed by atoms with Gasteiger partial charge in [0.1, 0.15) is 5.54 Å². The molecule has 1 aromatic heterocycles. The smallest absolute Gasteiger partial charge is 0.329 e. The van der Waals surface area contributed by atoms with E-state index in [0.717, 1.165) is 5.56 Å². The van der Waals surface area contributed by atoms with Gasteiger partial charge in [0.05, 0.1) is 12.7 Å². The summed E-state index contributed by atoms with van der Waals surface area (Å²) in [4.78, 5) is 23.0. The Labute approximate surface area is 120 Å². The lowest BCUT2D eigenvalue weighted by Crippen LogP contribution is -2.43. The molecule has 0 radical (unpaired) electrons. The van der Waals surface area contributed by atoms with Gasteiger partial charge in [-0.2, -0.15) is 0 Å². The SMILES string of the molecule is O=C(NC1(C(=O)O)CC1)c1cn(Cc2ccccc2)nn1. The maximum absolute atomic E-state index is 12.0. The number of carbonyl (C=O) groups excluding carboxylic acids is 1. The van der Waals surface area contributed by atoms with Gasteiger partial charge in [-0.15, -0.1) is 5.10 Å². The molecular weight excluding hydrogens is 272 g/mol. The van der Waals surface area contributed by atoms with Crippen LogP contribution in [0.4, 0.5) is 0 Å². The van der Waals surface area contributed by atoms with Crippen LogP contribution in [0.2, 0.25) is 0 Å². The molecule has 1 saturated carbocycles. The first-order valence-corrected chi connectivity index (χ1v) is 6.59. The van der Waals surface area contributed by atoms with E-state index in [9.17, 15) is 9.59 Å². The van der Waals surface area contributed by atoms with Crippen molar-refractivity contribution in [3.8, 4) is 0 Å². The van der Waals surface area contributed by atoms with E-state index in [4.69, 9.17) is 5.11 Å². The second kappa shape index (κ2) is 5.01. The van der Waals surface area contributed by atoms with E-state index in [0.29, 0.717) is 19.4 Å². The van der Waals surface area contributed by atoms with Crippen LogP contribution in [0.25, 0.3) is 0 Å². The topological polar surface area (TPSA) is 97.1 Å². The molecular formula is C14H14N4O3. The minimum Gasteiger partial charge on any atom is -0.480 e. The quantitative estimate of drug-likeness (QED) is 0.842. The number of amides is 1. The van der Waals surface area contributed by atoms with Crippen molar-refractivity contribution in [1.29, 1.82) is 0 Å². The van der Waals surface area contributed by atoms with E-state index in [1.165, 1.54) is 6.20 Å². The molecule has 0 unspecified atom stereocenters. The van der Waals surface area contributed by atoms with Crippen LogP contribution in [0, 0.1) is 0 Å². The fourth-order valence-corrected chi connectivity index (χ4v) is 2.05. The van der Waals surface area contributed by atoms with Crippen molar-refractivity contribution in [3.05, 3.63) is 47.8 Å². The van der Waals surface area contributed by atoms with Crippen molar-refractivity contribution in [2.75, 3.05) is 0 Å². The molecule has 7 heteroatoms.